The largest absolute Gasteiger partial charge is 2.00 e. The zero-order valence-corrected chi connectivity index (χ0v) is 11.5. The van der Waals surface area contributed by atoms with Crippen molar-refractivity contribution in [3.8, 4) is 0 Å². The second-order valence-electron chi connectivity index (χ2n) is 4.45. The number of hydrogen-bond acceptors (Lipinski definition) is 2. The zero-order chi connectivity index (χ0) is 9.07. The molecule has 1 atom stereocenters. The molecule has 0 rings (SSSR count). The van der Waals surface area contributed by atoms with Crippen LogP contribution in [0.1, 0.15) is 40.5 Å². The molecule has 0 aromatic carbocycles. The summed E-state index contributed by atoms with van der Waals surface area (Å²) in [6.45, 7) is 8.28. The first-order valence-corrected chi connectivity index (χ1v) is 4.01. The first-order chi connectivity index (χ1) is 4.81. The summed E-state index contributed by atoms with van der Waals surface area (Å²) in [6, 6.07) is 0. The number of hydrogen-bond donors (Lipinski definition) is 0. The summed E-state index contributed by atoms with van der Waals surface area (Å²) >= 11 is 0. The Morgan fingerprint density at radius 1 is 1.42 bits per heavy atom. The standard InChI is InChI=1S/C9H18O2.Zn/c1-7(5-8(10)11)6-9(2,3)4;/h7H,5-6H2,1-4H3,(H,10,11);/q;+2/p-1. The van der Waals surface area contributed by atoms with E-state index in [2.05, 4.69) is 20.8 Å². The molecule has 0 bridgehead atoms. The van der Waals surface area contributed by atoms with Crippen LogP contribution in [-0.2, 0) is 24.3 Å². The molecular weight excluding hydrogens is 205 g/mol. The second-order valence-corrected chi connectivity index (χ2v) is 4.45. The van der Waals surface area contributed by atoms with E-state index < -0.39 is 5.97 Å². The van der Waals surface area contributed by atoms with Gasteiger partial charge in [0, 0.05) is 5.97 Å². The SMILES string of the molecule is CC(CC(=O)[O-])CC(C)(C)C.[Zn+2]. The van der Waals surface area contributed by atoms with Gasteiger partial charge < -0.3 is 9.90 Å². The van der Waals surface area contributed by atoms with Gasteiger partial charge in [-0.25, -0.2) is 0 Å². The molecule has 0 saturated heterocycles. The molecule has 0 aromatic heterocycles. The summed E-state index contributed by atoms with van der Waals surface area (Å²) in [5, 5.41) is 10.2. The van der Waals surface area contributed by atoms with Crippen LogP contribution >= 0.6 is 0 Å². The number of carboxylic acids is 1. The fourth-order valence-corrected chi connectivity index (χ4v) is 1.40. The number of carbonyl (C=O) groups excluding carboxylic acids is 1. The van der Waals surface area contributed by atoms with E-state index in [4.69, 9.17) is 0 Å². The van der Waals surface area contributed by atoms with Crippen molar-refractivity contribution in [2.45, 2.75) is 40.5 Å². The summed E-state index contributed by atoms with van der Waals surface area (Å²) in [6.07, 6.45) is 1.11. The minimum Gasteiger partial charge on any atom is -0.550 e. The molecule has 66 valence electrons. The Labute approximate surface area is 87.5 Å². The Balaban J connectivity index is 0. The van der Waals surface area contributed by atoms with Crippen molar-refractivity contribution >= 4 is 5.97 Å². The van der Waals surface area contributed by atoms with Crippen LogP contribution in [0.2, 0.25) is 0 Å². The number of carboxylic acid groups (broad SMARTS) is 1. The zero-order valence-electron chi connectivity index (χ0n) is 8.52. The monoisotopic (exact) mass is 221 g/mol. The van der Waals surface area contributed by atoms with Gasteiger partial charge in [-0.1, -0.05) is 27.7 Å². The van der Waals surface area contributed by atoms with E-state index in [0.29, 0.717) is 0 Å². The average molecular weight is 223 g/mol. The minimum absolute atomic E-state index is 0. The number of aliphatic carboxylic acids is 1. The minimum atomic E-state index is -0.943. The summed E-state index contributed by atoms with van der Waals surface area (Å²) in [5.74, 6) is -0.721. The third-order valence-corrected chi connectivity index (χ3v) is 1.48. The maximum atomic E-state index is 10.2. The van der Waals surface area contributed by atoms with Crippen molar-refractivity contribution in [2.24, 2.45) is 11.3 Å². The maximum absolute atomic E-state index is 10.2. The van der Waals surface area contributed by atoms with Crippen molar-refractivity contribution in [1.29, 1.82) is 0 Å². The number of carbonyl (C=O) groups is 1. The third kappa shape index (κ3) is 10.1. The molecule has 0 heterocycles. The molecule has 0 aromatic rings. The summed E-state index contributed by atoms with van der Waals surface area (Å²) in [5.41, 5.74) is 0.217. The quantitative estimate of drug-likeness (QED) is 0.673. The van der Waals surface area contributed by atoms with Gasteiger partial charge in [-0.3, -0.25) is 0 Å². The van der Waals surface area contributed by atoms with E-state index in [9.17, 15) is 9.90 Å². The van der Waals surface area contributed by atoms with E-state index in [1.165, 1.54) is 0 Å². The molecule has 3 heteroatoms. The molecule has 0 aliphatic heterocycles. The Kier molecular flexibility index (Phi) is 6.93. The van der Waals surface area contributed by atoms with Crippen LogP contribution in [0.3, 0.4) is 0 Å². The first kappa shape index (κ1) is 14.6. The molecule has 0 N–H and O–H groups in total. The molecule has 0 amide bonds. The fraction of sp³-hybridized carbons (Fsp3) is 0.889. The van der Waals surface area contributed by atoms with Gasteiger partial charge in [-0.15, -0.1) is 0 Å². The van der Waals surface area contributed by atoms with Crippen molar-refractivity contribution in [1.82, 2.24) is 0 Å². The van der Waals surface area contributed by atoms with E-state index in [1.807, 2.05) is 6.92 Å². The molecule has 12 heavy (non-hydrogen) atoms. The van der Waals surface area contributed by atoms with Crippen molar-refractivity contribution in [3.63, 3.8) is 0 Å². The molecule has 0 aliphatic carbocycles. The van der Waals surface area contributed by atoms with Gasteiger partial charge in [0.2, 0.25) is 0 Å². The molecule has 0 fully saturated rings. The van der Waals surface area contributed by atoms with Gasteiger partial charge in [-0.05, 0) is 24.2 Å². The second kappa shape index (κ2) is 5.69. The summed E-state index contributed by atoms with van der Waals surface area (Å²) in [7, 11) is 0. The average Bonchev–Trinajstić information content (AvgIpc) is 1.53. The van der Waals surface area contributed by atoms with Crippen LogP contribution in [-0.4, -0.2) is 5.97 Å². The Morgan fingerprint density at radius 2 is 1.83 bits per heavy atom. The molecule has 0 saturated carbocycles. The smallest absolute Gasteiger partial charge is 0.550 e. The van der Waals surface area contributed by atoms with Crippen LogP contribution in [0.25, 0.3) is 0 Å². The first-order valence-electron chi connectivity index (χ1n) is 4.01. The number of rotatable bonds is 3. The van der Waals surface area contributed by atoms with Gasteiger partial charge in [0.1, 0.15) is 0 Å². The van der Waals surface area contributed by atoms with E-state index >= 15 is 0 Å². The molecule has 1 unspecified atom stereocenters. The van der Waals surface area contributed by atoms with Crippen LogP contribution < -0.4 is 5.11 Å². The third-order valence-electron chi connectivity index (χ3n) is 1.48. The van der Waals surface area contributed by atoms with Crippen LogP contribution in [0.4, 0.5) is 0 Å². The van der Waals surface area contributed by atoms with Crippen molar-refractivity contribution in [2.75, 3.05) is 0 Å². The van der Waals surface area contributed by atoms with Crippen LogP contribution in [0.5, 0.6) is 0 Å². The molecule has 0 radical (unpaired) electrons. The van der Waals surface area contributed by atoms with Gasteiger partial charge in [0.05, 0.1) is 0 Å². The maximum Gasteiger partial charge on any atom is 2.00 e. The normalized spacial score (nSPS) is 13.3. The van der Waals surface area contributed by atoms with Gasteiger partial charge in [0.15, 0.2) is 0 Å². The van der Waals surface area contributed by atoms with E-state index in [1.54, 1.807) is 0 Å². The van der Waals surface area contributed by atoms with Crippen molar-refractivity contribution in [3.05, 3.63) is 0 Å². The fourth-order valence-electron chi connectivity index (χ4n) is 1.40. The molecule has 0 aliphatic rings. The molecule has 2 nitrogen and oxygen atoms in total. The van der Waals surface area contributed by atoms with Crippen LogP contribution in [0.15, 0.2) is 0 Å². The Bertz CT molecular complexity index is 138. The van der Waals surface area contributed by atoms with E-state index in [-0.39, 0.29) is 37.2 Å². The van der Waals surface area contributed by atoms with Gasteiger partial charge in [0.25, 0.3) is 0 Å². The molecule has 0 spiro atoms. The van der Waals surface area contributed by atoms with Gasteiger partial charge >= 0.3 is 19.5 Å². The van der Waals surface area contributed by atoms with E-state index in [0.717, 1.165) is 6.42 Å². The Hall–Kier alpha value is 0.0934. The van der Waals surface area contributed by atoms with Crippen molar-refractivity contribution < 1.29 is 29.4 Å². The topological polar surface area (TPSA) is 40.1 Å². The predicted octanol–water partition coefficient (Wildman–Crippen LogP) is 1.20. The van der Waals surface area contributed by atoms with Gasteiger partial charge in [-0.2, -0.15) is 0 Å². The predicted molar refractivity (Wildman–Crippen MR) is 42.9 cm³/mol. The Morgan fingerprint density at radius 3 is 2.08 bits per heavy atom. The summed E-state index contributed by atoms with van der Waals surface area (Å²) < 4.78 is 0. The summed E-state index contributed by atoms with van der Waals surface area (Å²) in [4.78, 5) is 10.2. The van der Waals surface area contributed by atoms with Crippen LogP contribution in [0, 0.1) is 11.3 Å². The molecular formula is C9H17O2Zn+.